The molecule has 4 saturated carbocycles. The number of nitrogens with one attached hydrogen (secondary N) is 1. The van der Waals surface area contributed by atoms with Gasteiger partial charge >= 0.3 is 0 Å². The molecule has 0 aromatic heterocycles. The second-order valence-electron chi connectivity index (χ2n) is 11.8. The summed E-state index contributed by atoms with van der Waals surface area (Å²) in [6.45, 7) is 14.3. The van der Waals surface area contributed by atoms with Crippen LogP contribution in [0.15, 0.2) is 18.2 Å². The average Bonchev–Trinajstić information content (AvgIpc) is 2.69. The van der Waals surface area contributed by atoms with E-state index in [-0.39, 0.29) is 10.6 Å². The molecule has 32 heavy (non-hydrogen) atoms. The van der Waals surface area contributed by atoms with Crippen LogP contribution in [0.5, 0.6) is 0 Å². The van der Waals surface area contributed by atoms with Crippen molar-refractivity contribution in [2.75, 3.05) is 5.32 Å². The van der Waals surface area contributed by atoms with Crippen LogP contribution in [-0.2, 0) is 11.0 Å². The minimum absolute atomic E-state index is 0.197. The fourth-order valence-corrected chi connectivity index (χ4v) is 13.4. The molecule has 0 saturated heterocycles. The Labute approximate surface area is 195 Å². The fourth-order valence-electron chi connectivity index (χ4n) is 8.00. The van der Waals surface area contributed by atoms with Crippen molar-refractivity contribution in [3.05, 3.63) is 33.9 Å². The van der Waals surface area contributed by atoms with Crippen molar-refractivity contribution < 1.29 is 9.35 Å². The van der Waals surface area contributed by atoms with E-state index in [9.17, 15) is 10.1 Å². The van der Waals surface area contributed by atoms with Gasteiger partial charge in [-0.1, -0.05) is 41.5 Å². The largest absolute Gasteiger partial charge is 0.412 e. The fraction of sp³-hybridized carbons (Fsp3) is 0.769. The zero-order valence-corrected chi connectivity index (χ0v) is 21.8. The molecular weight excluding hydrogens is 416 g/mol. The lowest BCUT2D eigenvalue weighted by Gasteiger charge is -2.54. The first kappa shape index (κ1) is 23.7. The number of rotatable bonds is 9. The summed E-state index contributed by atoms with van der Waals surface area (Å²) >= 11 is 0. The van der Waals surface area contributed by atoms with Gasteiger partial charge in [0.05, 0.1) is 11.5 Å². The number of anilines is 1. The molecule has 0 amide bonds. The van der Waals surface area contributed by atoms with Crippen LogP contribution in [0.1, 0.15) is 79.2 Å². The number of hydrogen-bond donors (Lipinski definition) is 1. The predicted molar refractivity (Wildman–Crippen MR) is 133 cm³/mol. The quantitative estimate of drug-likeness (QED) is 0.236. The molecule has 5 rings (SSSR count). The van der Waals surface area contributed by atoms with Crippen LogP contribution in [0.2, 0.25) is 16.6 Å². The number of nitro benzene ring substituents is 1. The topological polar surface area (TPSA) is 64.4 Å². The van der Waals surface area contributed by atoms with E-state index in [0.717, 1.165) is 17.4 Å². The Hall–Kier alpha value is -1.40. The highest BCUT2D eigenvalue weighted by atomic mass is 28.4. The zero-order valence-electron chi connectivity index (χ0n) is 20.8. The van der Waals surface area contributed by atoms with Crippen molar-refractivity contribution in [2.24, 2.45) is 23.7 Å². The van der Waals surface area contributed by atoms with Crippen LogP contribution in [0.4, 0.5) is 11.4 Å². The van der Waals surface area contributed by atoms with Crippen LogP contribution in [-0.4, -0.2) is 19.3 Å². The smallest absolute Gasteiger partial charge is 0.292 e. The van der Waals surface area contributed by atoms with Crippen molar-refractivity contribution in [2.45, 2.75) is 103 Å². The number of nitrogens with zero attached hydrogens (tertiary/aromatic N) is 1. The maximum absolute atomic E-state index is 11.8. The summed E-state index contributed by atoms with van der Waals surface area (Å²) in [6, 6.07) is 5.96. The van der Waals surface area contributed by atoms with E-state index in [2.05, 4.69) is 46.9 Å². The molecular formula is C26H42N2O3Si. The molecule has 0 heterocycles. The number of benzene rings is 1. The monoisotopic (exact) mass is 458 g/mol. The Kier molecular flexibility index (Phi) is 6.75. The van der Waals surface area contributed by atoms with Crippen molar-refractivity contribution in [3.63, 3.8) is 0 Å². The van der Waals surface area contributed by atoms with Gasteiger partial charge in [-0.25, -0.2) is 0 Å². The van der Waals surface area contributed by atoms with E-state index in [1.807, 2.05) is 12.1 Å². The molecule has 178 valence electrons. The van der Waals surface area contributed by atoms with Gasteiger partial charge in [-0.15, -0.1) is 0 Å². The van der Waals surface area contributed by atoms with Crippen molar-refractivity contribution in [1.29, 1.82) is 0 Å². The number of hydrogen-bond acceptors (Lipinski definition) is 4. The normalized spacial score (nSPS) is 29.3. The van der Waals surface area contributed by atoms with E-state index in [1.54, 1.807) is 6.07 Å². The Morgan fingerprint density at radius 1 is 0.969 bits per heavy atom. The molecule has 1 N–H and O–H groups in total. The van der Waals surface area contributed by atoms with E-state index < -0.39 is 8.32 Å². The summed E-state index contributed by atoms with van der Waals surface area (Å²) in [5.74, 6) is 3.14. The predicted octanol–water partition coefficient (Wildman–Crippen LogP) is 7.52. The van der Waals surface area contributed by atoms with Crippen LogP contribution in [0.3, 0.4) is 0 Å². The Bertz CT molecular complexity index is 789. The molecule has 4 aliphatic rings. The summed E-state index contributed by atoms with van der Waals surface area (Å²) in [5, 5.41) is 15.5. The maximum Gasteiger partial charge on any atom is 0.292 e. The summed E-state index contributed by atoms with van der Waals surface area (Å²) in [5.41, 5.74) is 3.49. The van der Waals surface area contributed by atoms with Gasteiger partial charge in [-0.05, 0) is 90.1 Å². The summed E-state index contributed by atoms with van der Waals surface area (Å²) in [7, 11) is -1.98. The molecule has 0 aliphatic heterocycles. The molecule has 4 fully saturated rings. The third-order valence-electron chi connectivity index (χ3n) is 9.00. The number of nitro groups is 1. The first-order chi connectivity index (χ1) is 15.1. The van der Waals surface area contributed by atoms with E-state index >= 15 is 0 Å². The minimum Gasteiger partial charge on any atom is -0.412 e. The molecule has 0 radical (unpaired) electrons. The first-order valence-corrected chi connectivity index (χ1v) is 14.9. The van der Waals surface area contributed by atoms with Gasteiger partial charge in [0.2, 0.25) is 8.32 Å². The molecule has 4 bridgehead atoms. The second-order valence-corrected chi connectivity index (χ2v) is 17.3. The van der Waals surface area contributed by atoms with Gasteiger partial charge in [-0.3, -0.25) is 10.1 Å². The van der Waals surface area contributed by atoms with Gasteiger partial charge in [0, 0.05) is 12.1 Å². The standard InChI is InChI=1S/C26H42N2O3Si/c1-16(2)32(17(3)4,18(5)6)31-15-19-7-8-25(28(29)30)24(14-19)27-26-22-10-20-9-21(12-22)13-23(26)11-20/h7-8,14,16-18,20-23,26-27H,9-13,15H2,1-6H3. The molecule has 1 aromatic rings. The van der Waals surface area contributed by atoms with Gasteiger partial charge in [0.15, 0.2) is 0 Å². The Morgan fingerprint density at radius 3 is 1.97 bits per heavy atom. The van der Waals surface area contributed by atoms with E-state index in [4.69, 9.17) is 4.43 Å². The average molecular weight is 459 g/mol. The van der Waals surface area contributed by atoms with Crippen LogP contribution >= 0.6 is 0 Å². The highest BCUT2D eigenvalue weighted by Gasteiger charge is 2.48. The zero-order chi connectivity index (χ0) is 23.2. The third-order valence-corrected chi connectivity index (χ3v) is 15.1. The lowest BCUT2D eigenvalue weighted by molar-refractivity contribution is -0.384. The molecule has 1 aromatic carbocycles. The van der Waals surface area contributed by atoms with Gasteiger partial charge in [0.1, 0.15) is 5.69 Å². The van der Waals surface area contributed by atoms with Crippen LogP contribution in [0.25, 0.3) is 0 Å². The summed E-state index contributed by atoms with van der Waals surface area (Å²) < 4.78 is 6.78. The molecule has 6 heteroatoms. The summed E-state index contributed by atoms with van der Waals surface area (Å²) in [6.07, 6.45) is 6.61. The Balaban J connectivity index is 1.55. The highest BCUT2D eigenvalue weighted by Crippen LogP contribution is 2.54. The molecule has 5 nitrogen and oxygen atoms in total. The third kappa shape index (κ3) is 4.25. The van der Waals surface area contributed by atoms with Crippen LogP contribution < -0.4 is 5.32 Å². The van der Waals surface area contributed by atoms with E-state index in [1.165, 1.54) is 32.1 Å². The van der Waals surface area contributed by atoms with Gasteiger partial charge in [0.25, 0.3) is 5.69 Å². The molecule has 0 spiro atoms. The lowest BCUT2D eigenvalue weighted by Crippen LogP contribution is -2.51. The molecule has 0 atom stereocenters. The van der Waals surface area contributed by atoms with Crippen LogP contribution in [0, 0.1) is 33.8 Å². The minimum atomic E-state index is -1.98. The highest BCUT2D eigenvalue weighted by molar-refractivity contribution is 6.77. The SMILES string of the molecule is CC(C)[Si](OCc1ccc([N+](=O)[O-])c(NC2C3CC4CC(C3)CC2C4)c1)(C(C)C)C(C)C. The van der Waals surface area contributed by atoms with Gasteiger partial charge < -0.3 is 9.74 Å². The van der Waals surface area contributed by atoms with Gasteiger partial charge in [-0.2, -0.15) is 0 Å². The van der Waals surface area contributed by atoms with Crippen molar-refractivity contribution >= 4 is 19.7 Å². The first-order valence-electron chi connectivity index (χ1n) is 12.8. The molecule has 4 aliphatic carbocycles. The second kappa shape index (κ2) is 9.09. The lowest BCUT2D eigenvalue weighted by atomic mass is 9.54. The van der Waals surface area contributed by atoms with E-state index in [0.29, 0.717) is 46.8 Å². The Morgan fingerprint density at radius 2 is 1.50 bits per heavy atom. The van der Waals surface area contributed by atoms with Crippen molar-refractivity contribution in [1.82, 2.24) is 0 Å². The molecule has 0 unspecified atom stereocenters. The maximum atomic E-state index is 11.8. The summed E-state index contributed by atoms with van der Waals surface area (Å²) in [4.78, 5) is 11.6. The van der Waals surface area contributed by atoms with Crippen molar-refractivity contribution in [3.8, 4) is 0 Å².